The third-order valence-electron chi connectivity index (χ3n) is 5.37. The number of hydrogen-bond acceptors (Lipinski definition) is 4. The molecule has 2 aromatic carbocycles. The fraction of sp³-hybridized carbons (Fsp3) is 0.364. The molecule has 30 heavy (non-hydrogen) atoms. The van der Waals surface area contributed by atoms with Crippen molar-refractivity contribution in [2.24, 2.45) is 5.92 Å². The third-order valence-corrected chi connectivity index (χ3v) is 5.98. The van der Waals surface area contributed by atoms with E-state index in [0.29, 0.717) is 18.7 Å². The number of aryl methyl sites for hydroxylation is 2. The van der Waals surface area contributed by atoms with Crippen LogP contribution in [0.15, 0.2) is 42.5 Å². The van der Waals surface area contributed by atoms with Crippen LogP contribution >= 0.6 is 0 Å². The quantitative estimate of drug-likeness (QED) is 0.690. The highest BCUT2D eigenvalue weighted by Gasteiger charge is 2.38. The van der Waals surface area contributed by atoms with Gasteiger partial charge in [-0.15, -0.1) is 0 Å². The van der Waals surface area contributed by atoms with Crippen molar-refractivity contribution in [1.29, 1.82) is 0 Å². The van der Waals surface area contributed by atoms with Crippen molar-refractivity contribution in [1.82, 2.24) is 5.32 Å². The summed E-state index contributed by atoms with van der Waals surface area (Å²) in [6, 6.07) is 12.3. The molecule has 0 aliphatic carbocycles. The Kier molecular flexibility index (Phi) is 6.17. The Morgan fingerprint density at radius 3 is 2.53 bits per heavy atom. The maximum atomic E-state index is 12.9. The van der Waals surface area contributed by atoms with E-state index in [4.69, 9.17) is 0 Å². The zero-order valence-electron chi connectivity index (χ0n) is 17.6. The number of carbonyl (C=O) groups excluding carboxylic acids is 2. The van der Waals surface area contributed by atoms with Gasteiger partial charge in [-0.2, -0.15) is 0 Å². The molecule has 1 saturated heterocycles. The molecule has 1 aliphatic rings. The van der Waals surface area contributed by atoms with Crippen LogP contribution in [0.4, 0.5) is 11.4 Å². The van der Waals surface area contributed by atoms with Crippen LogP contribution in [0, 0.1) is 19.8 Å². The molecule has 2 N–H and O–H groups in total. The molecule has 1 aliphatic heterocycles. The number of sulfonamides is 1. The van der Waals surface area contributed by atoms with Gasteiger partial charge in [0.25, 0.3) is 0 Å². The number of carbonyl (C=O) groups is 2. The Morgan fingerprint density at radius 1 is 1.13 bits per heavy atom. The second-order valence-corrected chi connectivity index (χ2v) is 9.58. The highest BCUT2D eigenvalue weighted by molar-refractivity contribution is 7.92. The lowest BCUT2D eigenvalue weighted by Crippen LogP contribution is -2.38. The van der Waals surface area contributed by atoms with Gasteiger partial charge in [0, 0.05) is 17.9 Å². The van der Waals surface area contributed by atoms with E-state index >= 15 is 0 Å². The van der Waals surface area contributed by atoms with E-state index < -0.39 is 15.9 Å². The summed E-state index contributed by atoms with van der Waals surface area (Å²) in [5.41, 5.74) is 4.24. The molecule has 0 aromatic heterocycles. The zero-order chi connectivity index (χ0) is 22.1. The van der Waals surface area contributed by atoms with Gasteiger partial charge in [-0.3, -0.25) is 14.3 Å². The minimum Gasteiger partial charge on any atom is -0.349 e. The van der Waals surface area contributed by atoms with Crippen molar-refractivity contribution in [3.63, 3.8) is 0 Å². The molecule has 7 nitrogen and oxygen atoms in total. The van der Waals surface area contributed by atoms with Crippen molar-refractivity contribution >= 4 is 33.2 Å². The second-order valence-electron chi connectivity index (χ2n) is 7.83. The molecule has 2 aromatic rings. The van der Waals surface area contributed by atoms with Crippen LogP contribution in [0.2, 0.25) is 0 Å². The zero-order valence-corrected chi connectivity index (χ0v) is 18.4. The summed E-state index contributed by atoms with van der Waals surface area (Å²) in [5, 5.41) is 2.89. The topological polar surface area (TPSA) is 95.6 Å². The molecule has 2 amide bonds. The van der Waals surface area contributed by atoms with Gasteiger partial charge < -0.3 is 10.2 Å². The minimum absolute atomic E-state index is 0.199. The molecular formula is C22H27N3O4S. The number of anilines is 2. The van der Waals surface area contributed by atoms with E-state index in [1.165, 1.54) is 0 Å². The normalized spacial score (nSPS) is 17.7. The maximum absolute atomic E-state index is 12.9. The molecule has 1 fully saturated rings. The van der Waals surface area contributed by atoms with Crippen LogP contribution in [0.1, 0.15) is 36.1 Å². The monoisotopic (exact) mass is 429 g/mol. The molecule has 0 bridgehead atoms. The van der Waals surface area contributed by atoms with E-state index in [2.05, 4.69) is 10.0 Å². The Morgan fingerprint density at radius 2 is 1.87 bits per heavy atom. The lowest BCUT2D eigenvalue weighted by atomic mass is 10.0. The van der Waals surface area contributed by atoms with E-state index in [0.717, 1.165) is 28.6 Å². The van der Waals surface area contributed by atoms with Gasteiger partial charge >= 0.3 is 0 Å². The van der Waals surface area contributed by atoms with Gasteiger partial charge in [-0.1, -0.05) is 18.2 Å². The number of nitrogens with one attached hydrogen (secondary N) is 2. The Hall–Kier alpha value is -2.87. The summed E-state index contributed by atoms with van der Waals surface area (Å²) in [6.07, 6.45) is 1.54. The lowest BCUT2D eigenvalue weighted by molar-refractivity contribution is -0.132. The highest BCUT2D eigenvalue weighted by Crippen LogP contribution is 2.28. The molecule has 3 rings (SSSR count). The maximum Gasteiger partial charge on any atom is 0.239 e. The van der Waals surface area contributed by atoms with Crippen molar-refractivity contribution in [3.05, 3.63) is 59.2 Å². The summed E-state index contributed by atoms with van der Waals surface area (Å²) >= 11 is 0. The van der Waals surface area contributed by atoms with Gasteiger partial charge in [0.2, 0.25) is 21.8 Å². The van der Waals surface area contributed by atoms with E-state index in [1.54, 1.807) is 36.1 Å². The second kappa shape index (κ2) is 8.47. The number of hydrogen-bond donors (Lipinski definition) is 2. The lowest BCUT2D eigenvalue weighted by Gasteiger charge is -2.20. The number of benzene rings is 2. The van der Waals surface area contributed by atoms with Crippen LogP contribution in [0.5, 0.6) is 0 Å². The first-order valence-electron chi connectivity index (χ1n) is 9.82. The summed E-state index contributed by atoms with van der Waals surface area (Å²) in [7, 11) is -3.39. The highest BCUT2D eigenvalue weighted by atomic mass is 32.2. The standard InChI is InChI=1S/C22H27N3O4S/c1-14-8-9-19(12-15(14)2)25-11-10-20(22(25)27)21(26)23-16(3)17-6-5-7-18(13-17)24-30(4,28)29/h5-9,12-13,16,20,24H,10-11H2,1-4H3,(H,23,26). The first-order valence-corrected chi connectivity index (χ1v) is 11.7. The summed E-state index contributed by atoms with van der Waals surface area (Å²) in [6.45, 7) is 6.32. The molecule has 2 unspecified atom stereocenters. The summed E-state index contributed by atoms with van der Waals surface area (Å²) in [5.74, 6) is -1.25. The van der Waals surface area contributed by atoms with E-state index in [1.807, 2.05) is 32.0 Å². The van der Waals surface area contributed by atoms with Crippen molar-refractivity contribution in [2.45, 2.75) is 33.2 Å². The molecule has 2 atom stereocenters. The number of nitrogens with zero attached hydrogens (tertiary/aromatic N) is 1. The predicted octanol–water partition coefficient (Wildman–Crippen LogP) is 2.91. The Bertz CT molecular complexity index is 1080. The molecule has 8 heteroatoms. The summed E-state index contributed by atoms with van der Waals surface area (Å²) < 4.78 is 25.3. The van der Waals surface area contributed by atoms with Crippen molar-refractivity contribution in [3.8, 4) is 0 Å². The Balaban J connectivity index is 1.68. The predicted molar refractivity (Wildman–Crippen MR) is 118 cm³/mol. The Labute approximate surface area is 177 Å². The SMILES string of the molecule is Cc1ccc(N2CCC(C(=O)NC(C)c3cccc(NS(C)(=O)=O)c3)C2=O)cc1C. The largest absolute Gasteiger partial charge is 0.349 e. The molecular weight excluding hydrogens is 402 g/mol. The fourth-order valence-corrected chi connectivity index (χ4v) is 4.11. The van der Waals surface area contributed by atoms with Gasteiger partial charge in [-0.05, 0) is 68.1 Å². The van der Waals surface area contributed by atoms with Crippen LogP contribution < -0.4 is 14.9 Å². The van der Waals surface area contributed by atoms with E-state index in [9.17, 15) is 18.0 Å². The molecule has 0 spiro atoms. The first-order chi connectivity index (χ1) is 14.0. The van der Waals surface area contributed by atoms with E-state index in [-0.39, 0.29) is 17.9 Å². The fourth-order valence-electron chi connectivity index (χ4n) is 3.56. The number of amides is 2. The van der Waals surface area contributed by atoms with Gasteiger partial charge in [-0.25, -0.2) is 8.42 Å². The van der Waals surface area contributed by atoms with Crippen LogP contribution in [0.25, 0.3) is 0 Å². The smallest absolute Gasteiger partial charge is 0.239 e. The van der Waals surface area contributed by atoms with Crippen LogP contribution in [-0.2, 0) is 19.6 Å². The number of rotatable bonds is 6. The minimum atomic E-state index is -3.39. The average molecular weight is 430 g/mol. The van der Waals surface area contributed by atoms with Gasteiger partial charge in [0.15, 0.2) is 0 Å². The van der Waals surface area contributed by atoms with Crippen LogP contribution in [-0.4, -0.2) is 33.0 Å². The average Bonchev–Trinajstić information content (AvgIpc) is 3.04. The molecule has 0 saturated carbocycles. The molecule has 0 radical (unpaired) electrons. The van der Waals surface area contributed by atoms with Gasteiger partial charge in [0.05, 0.1) is 12.3 Å². The van der Waals surface area contributed by atoms with Crippen molar-refractivity contribution < 1.29 is 18.0 Å². The molecule has 160 valence electrons. The molecule has 1 heterocycles. The first kappa shape index (κ1) is 21.8. The van der Waals surface area contributed by atoms with Crippen LogP contribution in [0.3, 0.4) is 0 Å². The summed E-state index contributed by atoms with van der Waals surface area (Å²) in [4.78, 5) is 27.3. The van der Waals surface area contributed by atoms with Crippen molar-refractivity contribution in [2.75, 3.05) is 22.4 Å². The third kappa shape index (κ3) is 4.99. The van der Waals surface area contributed by atoms with Gasteiger partial charge in [0.1, 0.15) is 5.92 Å².